The Morgan fingerprint density at radius 3 is 2.85 bits per heavy atom. The molecule has 0 aliphatic carbocycles. The van der Waals surface area contributed by atoms with Gasteiger partial charge >= 0.3 is 0 Å². The first-order valence-corrected chi connectivity index (χ1v) is 7.81. The predicted octanol–water partition coefficient (Wildman–Crippen LogP) is 1.04. The second kappa shape index (κ2) is 5.33. The lowest BCUT2D eigenvalue weighted by Crippen LogP contribution is -2.55. The second-order valence-corrected chi connectivity index (χ2v) is 6.34. The number of aromatic nitrogens is 2. The summed E-state index contributed by atoms with van der Waals surface area (Å²) in [6.45, 7) is 6.46. The molecule has 2 aliphatic rings. The molecule has 3 heterocycles. The van der Waals surface area contributed by atoms with Gasteiger partial charge in [-0.25, -0.2) is 0 Å². The molecule has 2 saturated heterocycles. The second-order valence-electron chi connectivity index (χ2n) is 5.90. The zero-order chi connectivity index (χ0) is 14.3. The number of piperidine rings is 1. The van der Waals surface area contributed by atoms with Crippen molar-refractivity contribution in [2.24, 2.45) is 12.8 Å². The van der Waals surface area contributed by atoms with E-state index >= 15 is 0 Å². The standard InChI is InChI=1S/C14H23N5S/c1-10-12(13(15)20)14(17(2)16-10)19-8-7-18-6-4-3-5-11(18)9-19/h11H,3-9H2,1-2H3,(H2,15,20). The molecule has 1 unspecified atom stereocenters. The van der Waals surface area contributed by atoms with Gasteiger partial charge in [0, 0.05) is 32.7 Å². The summed E-state index contributed by atoms with van der Waals surface area (Å²) in [4.78, 5) is 5.50. The van der Waals surface area contributed by atoms with Crippen LogP contribution in [0, 0.1) is 6.92 Å². The summed E-state index contributed by atoms with van der Waals surface area (Å²) >= 11 is 5.22. The number of nitrogens with two attached hydrogens (primary N) is 1. The average Bonchev–Trinajstić information content (AvgIpc) is 2.73. The van der Waals surface area contributed by atoms with E-state index in [0.29, 0.717) is 11.0 Å². The van der Waals surface area contributed by atoms with Crippen LogP contribution in [0.4, 0.5) is 5.82 Å². The average molecular weight is 293 g/mol. The van der Waals surface area contributed by atoms with Crippen molar-refractivity contribution in [1.82, 2.24) is 14.7 Å². The van der Waals surface area contributed by atoms with Crippen LogP contribution in [0.15, 0.2) is 0 Å². The summed E-state index contributed by atoms with van der Waals surface area (Å²) < 4.78 is 1.93. The fraction of sp³-hybridized carbons (Fsp3) is 0.714. The minimum absolute atomic E-state index is 0.455. The molecule has 3 rings (SSSR count). The lowest BCUT2D eigenvalue weighted by molar-refractivity contribution is 0.133. The van der Waals surface area contributed by atoms with Gasteiger partial charge in [0.2, 0.25) is 0 Å². The monoisotopic (exact) mass is 293 g/mol. The maximum atomic E-state index is 5.91. The van der Waals surface area contributed by atoms with Crippen LogP contribution in [0.2, 0.25) is 0 Å². The van der Waals surface area contributed by atoms with Crippen molar-refractivity contribution in [3.8, 4) is 0 Å². The Labute approximate surface area is 125 Å². The largest absolute Gasteiger partial charge is 0.389 e. The Bertz CT molecular complexity index is 524. The number of piperazine rings is 1. The first-order valence-electron chi connectivity index (χ1n) is 7.40. The van der Waals surface area contributed by atoms with Gasteiger partial charge in [0.1, 0.15) is 10.8 Å². The normalized spacial score (nSPS) is 23.7. The van der Waals surface area contributed by atoms with E-state index in [1.54, 1.807) is 0 Å². The summed E-state index contributed by atoms with van der Waals surface area (Å²) in [7, 11) is 1.98. The molecule has 0 amide bonds. The molecule has 5 nitrogen and oxygen atoms in total. The van der Waals surface area contributed by atoms with Crippen LogP contribution >= 0.6 is 12.2 Å². The van der Waals surface area contributed by atoms with Crippen molar-refractivity contribution in [3.63, 3.8) is 0 Å². The Morgan fingerprint density at radius 1 is 1.30 bits per heavy atom. The third-order valence-electron chi connectivity index (χ3n) is 4.58. The van der Waals surface area contributed by atoms with Gasteiger partial charge in [-0.15, -0.1) is 0 Å². The molecule has 1 atom stereocenters. The molecule has 0 aromatic carbocycles. The van der Waals surface area contributed by atoms with E-state index in [4.69, 9.17) is 18.0 Å². The Kier molecular flexibility index (Phi) is 3.69. The topological polar surface area (TPSA) is 50.3 Å². The minimum atomic E-state index is 0.455. The maximum absolute atomic E-state index is 5.91. The number of rotatable bonds is 2. The number of hydrogen-bond acceptors (Lipinski definition) is 4. The predicted molar refractivity (Wildman–Crippen MR) is 85.3 cm³/mol. The van der Waals surface area contributed by atoms with Gasteiger partial charge in [-0.2, -0.15) is 5.10 Å². The Balaban J connectivity index is 1.88. The van der Waals surface area contributed by atoms with Crippen LogP contribution in [0.3, 0.4) is 0 Å². The highest BCUT2D eigenvalue weighted by Gasteiger charge is 2.31. The molecule has 2 fully saturated rings. The first-order chi connectivity index (χ1) is 9.58. The van der Waals surface area contributed by atoms with Crippen LogP contribution in [0.5, 0.6) is 0 Å². The molecule has 2 N–H and O–H groups in total. The summed E-state index contributed by atoms with van der Waals surface area (Å²) in [6.07, 6.45) is 4.00. The highest BCUT2D eigenvalue weighted by molar-refractivity contribution is 7.80. The SMILES string of the molecule is Cc1nn(C)c(N2CCN3CCCCC3C2)c1C(N)=S. The molecule has 1 aromatic heterocycles. The molecular weight excluding hydrogens is 270 g/mol. The summed E-state index contributed by atoms with van der Waals surface area (Å²) in [5.41, 5.74) is 7.79. The molecular formula is C14H23N5S. The first kappa shape index (κ1) is 13.8. The molecule has 0 bridgehead atoms. The number of thiocarbonyl (C=S) groups is 1. The molecule has 20 heavy (non-hydrogen) atoms. The molecule has 0 radical (unpaired) electrons. The van der Waals surface area contributed by atoms with E-state index in [2.05, 4.69) is 14.9 Å². The smallest absolute Gasteiger partial charge is 0.137 e. The number of anilines is 1. The Morgan fingerprint density at radius 2 is 2.10 bits per heavy atom. The van der Waals surface area contributed by atoms with Gasteiger partial charge in [0.15, 0.2) is 0 Å². The summed E-state index contributed by atoms with van der Waals surface area (Å²) in [6, 6.07) is 0.673. The quantitative estimate of drug-likeness (QED) is 0.826. The van der Waals surface area contributed by atoms with Gasteiger partial charge < -0.3 is 10.6 Å². The molecule has 6 heteroatoms. The third-order valence-corrected chi connectivity index (χ3v) is 4.78. The highest BCUT2D eigenvalue weighted by Crippen LogP contribution is 2.28. The van der Waals surface area contributed by atoms with Crippen molar-refractivity contribution in [2.75, 3.05) is 31.1 Å². The van der Waals surface area contributed by atoms with E-state index in [-0.39, 0.29) is 0 Å². The molecule has 0 spiro atoms. The molecule has 2 aliphatic heterocycles. The van der Waals surface area contributed by atoms with E-state index in [1.165, 1.54) is 25.8 Å². The van der Waals surface area contributed by atoms with Crippen LogP contribution in [-0.4, -0.2) is 51.9 Å². The van der Waals surface area contributed by atoms with Gasteiger partial charge in [0.05, 0.1) is 11.3 Å². The van der Waals surface area contributed by atoms with Gasteiger partial charge in [-0.05, 0) is 26.3 Å². The lowest BCUT2D eigenvalue weighted by atomic mass is 9.99. The van der Waals surface area contributed by atoms with Crippen molar-refractivity contribution < 1.29 is 0 Å². The van der Waals surface area contributed by atoms with Gasteiger partial charge in [-0.3, -0.25) is 9.58 Å². The zero-order valence-electron chi connectivity index (χ0n) is 12.3. The van der Waals surface area contributed by atoms with Crippen molar-refractivity contribution in [2.45, 2.75) is 32.2 Å². The van der Waals surface area contributed by atoms with E-state index in [0.717, 1.165) is 36.7 Å². The zero-order valence-corrected chi connectivity index (χ0v) is 13.1. The van der Waals surface area contributed by atoms with E-state index in [9.17, 15) is 0 Å². The van der Waals surface area contributed by atoms with Crippen LogP contribution in [0.25, 0.3) is 0 Å². The van der Waals surface area contributed by atoms with Crippen LogP contribution in [0.1, 0.15) is 30.5 Å². The fourth-order valence-electron chi connectivity index (χ4n) is 3.65. The fourth-order valence-corrected chi connectivity index (χ4v) is 3.88. The Hall–Kier alpha value is -1.14. The maximum Gasteiger partial charge on any atom is 0.137 e. The number of nitrogens with zero attached hydrogens (tertiary/aromatic N) is 4. The van der Waals surface area contributed by atoms with E-state index < -0.39 is 0 Å². The van der Waals surface area contributed by atoms with Gasteiger partial charge in [0.25, 0.3) is 0 Å². The molecule has 0 saturated carbocycles. The lowest BCUT2D eigenvalue weighted by Gasteiger charge is -2.44. The number of hydrogen-bond donors (Lipinski definition) is 1. The number of fused-ring (bicyclic) bond motifs is 1. The summed E-state index contributed by atoms with van der Waals surface area (Å²) in [5, 5.41) is 4.51. The molecule has 110 valence electrons. The van der Waals surface area contributed by atoms with Crippen molar-refractivity contribution in [1.29, 1.82) is 0 Å². The van der Waals surface area contributed by atoms with Crippen LogP contribution in [-0.2, 0) is 7.05 Å². The number of aryl methyl sites for hydroxylation is 2. The van der Waals surface area contributed by atoms with Gasteiger partial charge in [-0.1, -0.05) is 18.6 Å². The van der Waals surface area contributed by atoms with Crippen LogP contribution < -0.4 is 10.6 Å². The minimum Gasteiger partial charge on any atom is -0.389 e. The van der Waals surface area contributed by atoms with Crippen molar-refractivity contribution >= 4 is 23.0 Å². The van der Waals surface area contributed by atoms with E-state index in [1.807, 2.05) is 18.7 Å². The third kappa shape index (κ3) is 2.31. The highest BCUT2D eigenvalue weighted by atomic mass is 32.1. The summed E-state index contributed by atoms with van der Waals surface area (Å²) in [5.74, 6) is 1.10. The molecule has 1 aromatic rings. The van der Waals surface area contributed by atoms with Crippen molar-refractivity contribution in [3.05, 3.63) is 11.3 Å².